The van der Waals surface area contributed by atoms with Gasteiger partial charge in [-0.15, -0.1) is 11.3 Å². The number of ether oxygens (including phenoxy) is 1. The van der Waals surface area contributed by atoms with Crippen molar-refractivity contribution >= 4 is 27.1 Å². The lowest BCUT2D eigenvalue weighted by Gasteiger charge is -2.28. The van der Waals surface area contributed by atoms with Gasteiger partial charge in [0.1, 0.15) is 5.75 Å². The highest BCUT2D eigenvalue weighted by atomic mass is 32.2. The van der Waals surface area contributed by atoms with Gasteiger partial charge in [0.05, 0.1) is 18.1 Å². The summed E-state index contributed by atoms with van der Waals surface area (Å²) in [6.45, 7) is 6.59. The zero-order valence-electron chi connectivity index (χ0n) is 16.6. The normalized spacial score (nSPS) is 18.4. The fraction of sp³-hybridized carbons (Fsp3) is 0.476. The van der Waals surface area contributed by atoms with Crippen molar-refractivity contribution < 1.29 is 17.9 Å². The molecule has 3 rings (SSSR count). The van der Waals surface area contributed by atoms with E-state index in [1.807, 2.05) is 42.6 Å². The van der Waals surface area contributed by atoms with Crippen LogP contribution in [0.2, 0.25) is 0 Å². The second kappa shape index (κ2) is 8.66. The molecule has 1 amide bonds. The second-order valence-corrected chi connectivity index (χ2v) is 10.8. The van der Waals surface area contributed by atoms with Crippen LogP contribution < -0.4 is 4.74 Å². The zero-order chi connectivity index (χ0) is 20.3. The van der Waals surface area contributed by atoms with Gasteiger partial charge in [0.2, 0.25) is 0 Å². The number of carbonyl (C=O) groups excluding carboxylic acids is 1. The van der Waals surface area contributed by atoms with Crippen LogP contribution in [-0.4, -0.2) is 43.4 Å². The van der Waals surface area contributed by atoms with E-state index in [4.69, 9.17) is 4.74 Å². The van der Waals surface area contributed by atoms with Gasteiger partial charge in [0.25, 0.3) is 5.91 Å². The molecule has 2 aromatic rings. The molecule has 0 N–H and O–H groups in total. The average molecular weight is 422 g/mol. The standard InChI is InChI=1S/C21H27NO4S2/c1-15(2)17-4-6-19(7-5-17)26-13-21(23)22(12-20-16(3)8-10-27-20)18-9-11-28(24,25)14-18/h4-8,10,15,18H,9,11-14H2,1-3H3. The molecule has 0 aliphatic carbocycles. The maximum atomic E-state index is 12.9. The third-order valence-corrected chi connectivity index (χ3v) is 7.92. The number of amides is 1. The Balaban J connectivity index is 1.70. The highest BCUT2D eigenvalue weighted by Gasteiger charge is 2.35. The van der Waals surface area contributed by atoms with Crippen LogP contribution in [0.3, 0.4) is 0 Å². The maximum absolute atomic E-state index is 12.9. The smallest absolute Gasteiger partial charge is 0.261 e. The molecule has 1 saturated heterocycles. The van der Waals surface area contributed by atoms with Gasteiger partial charge >= 0.3 is 0 Å². The number of aryl methyl sites for hydroxylation is 1. The number of carbonyl (C=O) groups is 1. The number of hydrogen-bond acceptors (Lipinski definition) is 5. The third-order valence-electron chi connectivity index (χ3n) is 5.16. The Labute approximate surface area is 171 Å². The summed E-state index contributed by atoms with van der Waals surface area (Å²) in [4.78, 5) is 15.7. The minimum atomic E-state index is -3.07. The van der Waals surface area contributed by atoms with Gasteiger partial charge in [-0.25, -0.2) is 8.42 Å². The molecule has 152 valence electrons. The van der Waals surface area contributed by atoms with Crippen LogP contribution in [0.25, 0.3) is 0 Å². The molecular formula is C21H27NO4S2. The topological polar surface area (TPSA) is 63.7 Å². The van der Waals surface area contributed by atoms with Crippen LogP contribution in [0.1, 0.15) is 42.2 Å². The lowest BCUT2D eigenvalue weighted by atomic mass is 10.0. The summed E-state index contributed by atoms with van der Waals surface area (Å²) < 4.78 is 29.6. The van der Waals surface area contributed by atoms with E-state index in [1.54, 1.807) is 16.2 Å². The van der Waals surface area contributed by atoms with Gasteiger partial charge in [0.15, 0.2) is 16.4 Å². The molecule has 1 aromatic carbocycles. The van der Waals surface area contributed by atoms with Gasteiger partial charge in [-0.1, -0.05) is 26.0 Å². The SMILES string of the molecule is Cc1ccsc1CN(C(=O)COc1ccc(C(C)C)cc1)C1CCS(=O)(=O)C1. The number of hydrogen-bond donors (Lipinski definition) is 0. The molecule has 0 radical (unpaired) electrons. The van der Waals surface area contributed by atoms with E-state index < -0.39 is 9.84 Å². The molecule has 0 saturated carbocycles. The van der Waals surface area contributed by atoms with Crippen LogP contribution in [0, 0.1) is 6.92 Å². The van der Waals surface area contributed by atoms with Crippen molar-refractivity contribution in [1.82, 2.24) is 4.90 Å². The van der Waals surface area contributed by atoms with Crippen molar-refractivity contribution in [2.75, 3.05) is 18.1 Å². The van der Waals surface area contributed by atoms with Crippen LogP contribution in [0.15, 0.2) is 35.7 Å². The molecule has 0 bridgehead atoms. The first-order valence-electron chi connectivity index (χ1n) is 9.51. The van der Waals surface area contributed by atoms with Crippen molar-refractivity contribution in [3.8, 4) is 5.75 Å². The molecule has 28 heavy (non-hydrogen) atoms. The molecule has 7 heteroatoms. The number of sulfone groups is 1. The van der Waals surface area contributed by atoms with E-state index >= 15 is 0 Å². The van der Waals surface area contributed by atoms with Crippen LogP contribution >= 0.6 is 11.3 Å². The minimum absolute atomic E-state index is 0.0340. The average Bonchev–Trinajstić information content (AvgIpc) is 3.22. The lowest BCUT2D eigenvalue weighted by Crippen LogP contribution is -2.43. The van der Waals surface area contributed by atoms with E-state index in [0.29, 0.717) is 24.6 Å². The van der Waals surface area contributed by atoms with E-state index in [1.165, 1.54) is 5.56 Å². The summed E-state index contributed by atoms with van der Waals surface area (Å²) >= 11 is 1.59. The second-order valence-electron chi connectivity index (χ2n) is 7.62. The van der Waals surface area contributed by atoms with Crippen LogP contribution in [-0.2, 0) is 21.2 Å². The summed E-state index contributed by atoms with van der Waals surface area (Å²) in [6, 6.07) is 9.47. The number of nitrogens with zero attached hydrogens (tertiary/aromatic N) is 1. The first-order chi connectivity index (χ1) is 13.2. The zero-order valence-corrected chi connectivity index (χ0v) is 18.2. The van der Waals surface area contributed by atoms with Crippen molar-refractivity contribution in [3.63, 3.8) is 0 Å². The molecule has 1 atom stereocenters. The van der Waals surface area contributed by atoms with E-state index in [9.17, 15) is 13.2 Å². The Morgan fingerprint density at radius 2 is 1.96 bits per heavy atom. The first kappa shape index (κ1) is 20.9. The Bertz CT molecular complexity index is 916. The van der Waals surface area contributed by atoms with Gasteiger partial charge < -0.3 is 9.64 Å². The maximum Gasteiger partial charge on any atom is 0.261 e. The Hall–Kier alpha value is -1.86. The summed E-state index contributed by atoms with van der Waals surface area (Å²) in [5.74, 6) is 1.07. The highest BCUT2D eigenvalue weighted by Crippen LogP contribution is 2.25. The number of benzene rings is 1. The number of thiophene rings is 1. The largest absolute Gasteiger partial charge is 0.484 e. The van der Waals surface area contributed by atoms with E-state index in [-0.39, 0.29) is 30.1 Å². The summed E-state index contributed by atoms with van der Waals surface area (Å²) in [5.41, 5.74) is 2.33. The lowest BCUT2D eigenvalue weighted by molar-refractivity contribution is -0.135. The Kier molecular flexibility index (Phi) is 6.45. The van der Waals surface area contributed by atoms with Crippen molar-refractivity contribution in [2.24, 2.45) is 0 Å². The number of rotatable bonds is 7. The monoisotopic (exact) mass is 421 g/mol. The molecule has 1 fully saturated rings. The fourth-order valence-corrected chi connectivity index (χ4v) is 5.97. The molecule has 1 unspecified atom stereocenters. The highest BCUT2D eigenvalue weighted by molar-refractivity contribution is 7.91. The minimum Gasteiger partial charge on any atom is -0.484 e. The predicted molar refractivity (Wildman–Crippen MR) is 113 cm³/mol. The van der Waals surface area contributed by atoms with Crippen molar-refractivity contribution in [3.05, 3.63) is 51.7 Å². The van der Waals surface area contributed by atoms with Crippen molar-refractivity contribution in [1.29, 1.82) is 0 Å². The fourth-order valence-electron chi connectivity index (χ4n) is 3.34. The quantitative estimate of drug-likeness (QED) is 0.683. The molecule has 1 aliphatic rings. The molecule has 1 aliphatic heterocycles. The van der Waals surface area contributed by atoms with Crippen LogP contribution in [0.4, 0.5) is 0 Å². The van der Waals surface area contributed by atoms with Crippen molar-refractivity contribution in [2.45, 2.75) is 45.7 Å². The molecule has 5 nitrogen and oxygen atoms in total. The first-order valence-corrected chi connectivity index (χ1v) is 12.2. The third kappa shape index (κ3) is 5.14. The van der Waals surface area contributed by atoms with Gasteiger partial charge in [-0.05, 0) is 54.0 Å². The predicted octanol–water partition coefficient (Wildman–Crippen LogP) is 3.77. The summed E-state index contributed by atoms with van der Waals surface area (Å²) in [6.07, 6.45) is 0.488. The summed E-state index contributed by atoms with van der Waals surface area (Å²) in [5, 5.41) is 1.99. The molecule has 2 heterocycles. The molecule has 0 spiro atoms. The van der Waals surface area contributed by atoms with Gasteiger partial charge in [-0.3, -0.25) is 4.79 Å². The van der Waals surface area contributed by atoms with Gasteiger partial charge in [0, 0.05) is 10.9 Å². The van der Waals surface area contributed by atoms with E-state index in [0.717, 1.165) is 10.4 Å². The molecular weight excluding hydrogens is 394 g/mol. The van der Waals surface area contributed by atoms with Gasteiger partial charge in [-0.2, -0.15) is 0 Å². The summed E-state index contributed by atoms with van der Waals surface area (Å²) in [7, 11) is -3.07. The van der Waals surface area contributed by atoms with E-state index in [2.05, 4.69) is 13.8 Å². The Morgan fingerprint density at radius 3 is 2.50 bits per heavy atom. The Morgan fingerprint density at radius 1 is 1.25 bits per heavy atom. The molecule has 1 aromatic heterocycles. The van der Waals surface area contributed by atoms with Crippen LogP contribution in [0.5, 0.6) is 5.75 Å².